The van der Waals surface area contributed by atoms with Crippen LogP contribution in [-0.2, 0) is 0 Å². The maximum atomic E-state index is 14.2. The summed E-state index contributed by atoms with van der Waals surface area (Å²) in [6.07, 6.45) is 0.149. The fourth-order valence-electron chi connectivity index (χ4n) is 1.74. The number of carbonyl (C=O) groups is 2. The number of aldehydes is 1. The maximum Gasteiger partial charge on any atom is 0.356 e. The molecule has 1 aromatic carbocycles. The number of nitrogens with zero attached hydrogens (tertiary/aromatic N) is 1. The summed E-state index contributed by atoms with van der Waals surface area (Å²) in [5.41, 5.74) is 2.30. The molecule has 0 saturated heterocycles. The Morgan fingerprint density at radius 1 is 1.27 bits per heavy atom. The summed E-state index contributed by atoms with van der Waals surface area (Å²) in [6, 6.07) is 2.20. The van der Waals surface area contributed by atoms with Gasteiger partial charge in [-0.1, -0.05) is 23.2 Å². The van der Waals surface area contributed by atoms with Gasteiger partial charge < -0.3 is 10.8 Å². The number of hydrogen-bond donors (Lipinski definition) is 2. The van der Waals surface area contributed by atoms with Crippen LogP contribution in [0.2, 0.25) is 10.0 Å². The van der Waals surface area contributed by atoms with Crippen LogP contribution in [0.3, 0.4) is 0 Å². The third-order valence-corrected chi connectivity index (χ3v) is 3.53. The Morgan fingerprint density at radius 3 is 2.45 bits per heavy atom. The summed E-state index contributed by atoms with van der Waals surface area (Å²) in [4.78, 5) is 25.4. The van der Waals surface area contributed by atoms with Crippen molar-refractivity contribution in [2.45, 2.75) is 0 Å². The second-order valence-electron chi connectivity index (χ2n) is 4.10. The van der Waals surface area contributed by atoms with Crippen molar-refractivity contribution >= 4 is 41.1 Å². The van der Waals surface area contributed by atoms with Crippen molar-refractivity contribution in [2.24, 2.45) is 0 Å². The van der Waals surface area contributed by atoms with Crippen molar-refractivity contribution < 1.29 is 23.5 Å². The minimum Gasteiger partial charge on any atom is -0.476 e. The highest BCUT2D eigenvalue weighted by Gasteiger charge is 2.24. The second-order valence-corrected chi connectivity index (χ2v) is 4.88. The van der Waals surface area contributed by atoms with E-state index in [0.29, 0.717) is 0 Å². The highest BCUT2D eigenvalue weighted by atomic mass is 35.5. The molecule has 2 aromatic rings. The first-order chi connectivity index (χ1) is 10.3. The molecule has 0 atom stereocenters. The van der Waals surface area contributed by atoms with Crippen molar-refractivity contribution in [1.29, 1.82) is 0 Å². The Balaban J connectivity index is 2.84. The fraction of sp³-hybridized carbons (Fsp3) is 0. The molecule has 1 aromatic heterocycles. The van der Waals surface area contributed by atoms with Gasteiger partial charge in [-0.05, 0) is 12.1 Å². The van der Waals surface area contributed by atoms with Gasteiger partial charge in [0.05, 0.1) is 21.3 Å². The van der Waals surface area contributed by atoms with E-state index < -0.39 is 50.8 Å². The summed E-state index contributed by atoms with van der Waals surface area (Å²) >= 11 is 11.2. The Labute approximate surface area is 132 Å². The molecule has 9 heteroatoms. The molecule has 3 N–H and O–H groups in total. The molecule has 1 heterocycles. The zero-order valence-corrected chi connectivity index (χ0v) is 12.0. The molecule has 114 valence electrons. The number of aromatic nitrogens is 1. The number of nitrogens with two attached hydrogens (primary N) is 1. The number of carbonyl (C=O) groups excluding carboxylic acids is 1. The van der Waals surface area contributed by atoms with Crippen LogP contribution in [0.15, 0.2) is 12.1 Å². The van der Waals surface area contributed by atoms with E-state index in [-0.39, 0.29) is 11.3 Å². The molecule has 0 aliphatic carbocycles. The van der Waals surface area contributed by atoms with Crippen LogP contribution < -0.4 is 5.73 Å². The third kappa shape index (κ3) is 2.49. The number of anilines is 1. The van der Waals surface area contributed by atoms with E-state index in [0.717, 1.165) is 12.1 Å². The number of pyridine rings is 1. The quantitative estimate of drug-likeness (QED) is 0.830. The van der Waals surface area contributed by atoms with E-state index >= 15 is 0 Å². The monoisotopic (exact) mass is 346 g/mol. The lowest BCUT2D eigenvalue weighted by molar-refractivity contribution is 0.0690. The SMILES string of the molecule is Nc1c(F)c(-c2ccc(Cl)c(C=O)c2F)nc(C(=O)O)c1Cl. The van der Waals surface area contributed by atoms with Crippen molar-refractivity contribution in [3.63, 3.8) is 0 Å². The summed E-state index contributed by atoms with van der Waals surface area (Å²) in [7, 11) is 0. The van der Waals surface area contributed by atoms with Crippen LogP contribution in [0.1, 0.15) is 20.8 Å². The normalized spacial score (nSPS) is 10.5. The molecular formula is C13H6Cl2F2N2O3. The van der Waals surface area contributed by atoms with Gasteiger partial charge in [0.2, 0.25) is 0 Å². The molecule has 0 aliphatic rings. The average Bonchev–Trinajstić information content (AvgIpc) is 2.46. The number of carboxylic acid groups (broad SMARTS) is 1. The van der Waals surface area contributed by atoms with E-state index in [2.05, 4.69) is 4.98 Å². The van der Waals surface area contributed by atoms with Crippen molar-refractivity contribution in [3.8, 4) is 11.3 Å². The van der Waals surface area contributed by atoms with Gasteiger partial charge in [-0.3, -0.25) is 4.79 Å². The zero-order chi connectivity index (χ0) is 16.6. The van der Waals surface area contributed by atoms with Gasteiger partial charge in [0, 0.05) is 5.56 Å². The van der Waals surface area contributed by atoms with E-state index in [1.807, 2.05) is 0 Å². The molecule has 0 unspecified atom stereocenters. The first-order valence-electron chi connectivity index (χ1n) is 5.60. The van der Waals surface area contributed by atoms with Crippen molar-refractivity contribution in [1.82, 2.24) is 4.98 Å². The summed E-state index contributed by atoms with van der Waals surface area (Å²) in [5.74, 6) is -3.91. The Kier molecular flexibility index (Phi) is 4.30. The fourth-order valence-corrected chi connectivity index (χ4v) is 2.14. The Morgan fingerprint density at radius 2 is 1.91 bits per heavy atom. The van der Waals surface area contributed by atoms with Gasteiger partial charge in [0.25, 0.3) is 0 Å². The van der Waals surface area contributed by atoms with E-state index in [1.165, 1.54) is 0 Å². The lowest BCUT2D eigenvalue weighted by Crippen LogP contribution is -2.09. The van der Waals surface area contributed by atoms with E-state index in [9.17, 15) is 18.4 Å². The van der Waals surface area contributed by atoms with Gasteiger partial charge >= 0.3 is 5.97 Å². The summed E-state index contributed by atoms with van der Waals surface area (Å²) in [6.45, 7) is 0. The predicted molar refractivity (Wildman–Crippen MR) is 76.4 cm³/mol. The van der Waals surface area contributed by atoms with E-state index in [1.54, 1.807) is 0 Å². The standard InChI is InChI=1S/C13H6Cl2F2N2O3/c14-6-2-1-4(8(16)5(6)3-20)11-9(17)10(18)7(15)12(19-11)13(21)22/h1-3H,(H2,18,19)(H,21,22). The molecule has 0 aliphatic heterocycles. The molecule has 5 nitrogen and oxygen atoms in total. The minimum atomic E-state index is -1.57. The molecule has 0 amide bonds. The van der Waals surface area contributed by atoms with Crippen LogP contribution >= 0.6 is 23.2 Å². The van der Waals surface area contributed by atoms with Gasteiger partial charge in [-0.15, -0.1) is 0 Å². The number of halogens is 4. The molecule has 0 saturated carbocycles. The molecule has 0 spiro atoms. The Bertz CT molecular complexity index is 813. The largest absolute Gasteiger partial charge is 0.476 e. The van der Waals surface area contributed by atoms with Gasteiger partial charge in [0.1, 0.15) is 11.5 Å². The molecule has 0 bridgehead atoms. The molecule has 2 rings (SSSR count). The highest BCUT2D eigenvalue weighted by Crippen LogP contribution is 2.35. The van der Waals surface area contributed by atoms with Crippen LogP contribution in [0.5, 0.6) is 0 Å². The van der Waals surface area contributed by atoms with Crippen molar-refractivity contribution in [2.75, 3.05) is 5.73 Å². The first kappa shape index (κ1) is 16.1. The molecular weight excluding hydrogens is 341 g/mol. The Hall–Kier alpha value is -2.25. The van der Waals surface area contributed by atoms with Crippen LogP contribution in [0.25, 0.3) is 11.3 Å². The van der Waals surface area contributed by atoms with E-state index in [4.69, 9.17) is 34.0 Å². The van der Waals surface area contributed by atoms with Crippen molar-refractivity contribution in [3.05, 3.63) is 45.1 Å². The lowest BCUT2D eigenvalue weighted by Gasteiger charge is -2.11. The minimum absolute atomic E-state index is 0.149. The van der Waals surface area contributed by atoms with Gasteiger partial charge in [0.15, 0.2) is 17.8 Å². The highest BCUT2D eigenvalue weighted by molar-refractivity contribution is 6.35. The lowest BCUT2D eigenvalue weighted by atomic mass is 10.1. The smallest absolute Gasteiger partial charge is 0.356 e. The summed E-state index contributed by atoms with van der Waals surface area (Å²) in [5, 5.41) is 8.19. The molecule has 22 heavy (non-hydrogen) atoms. The number of hydrogen-bond acceptors (Lipinski definition) is 4. The second kappa shape index (κ2) is 5.86. The first-order valence-corrected chi connectivity index (χ1v) is 6.36. The van der Waals surface area contributed by atoms with Crippen LogP contribution in [0, 0.1) is 11.6 Å². The average molecular weight is 347 g/mol. The predicted octanol–water partition coefficient (Wildman–Crippen LogP) is 3.43. The maximum absolute atomic E-state index is 14.2. The molecule has 0 fully saturated rings. The number of carboxylic acids is 1. The topological polar surface area (TPSA) is 93.3 Å². The van der Waals surface area contributed by atoms with Gasteiger partial charge in [-0.2, -0.15) is 0 Å². The summed E-state index contributed by atoms with van der Waals surface area (Å²) < 4.78 is 28.4. The number of nitrogen functional groups attached to an aromatic ring is 1. The van der Waals surface area contributed by atoms with Gasteiger partial charge in [-0.25, -0.2) is 18.6 Å². The number of benzene rings is 1. The molecule has 0 radical (unpaired) electrons. The van der Waals surface area contributed by atoms with Crippen LogP contribution in [-0.4, -0.2) is 22.3 Å². The zero-order valence-electron chi connectivity index (χ0n) is 10.5. The third-order valence-electron chi connectivity index (χ3n) is 2.81. The van der Waals surface area contributed by atoms with Crippen LogP contribution in [0.4, 0.5) is 14.5 Å². The number of rotatable bonds is 3. The number of aromatic carboxylic acids is 1.